The summed E-state index contributed by atoms with van der Waals surface area (Å²) in [7, 11) is 0. The summed E-state index contributed by atoms with van der Waals surface area (Å²) < 4.78 is 25.7. The molecule has 1 aliphatic rings. The standard InChI is InChI=1S/C20H16FN5O3/c21-13-3-1-4-14(9-13)28-15-7-12(8-15)18-24-17(29-25-18)10-26-11-23-19-16(20(26)27)5-2-6-22-19/h1-6,9,11-12,15H,7-8,10H2/t12-,15-. The number of rotatable bonds is 5. The molecule has 0 amide bonds. The highest BCUT2D eigenvalue weighted by Gasteiger charge is 2.35. The van der Waals surface area contributed by atoms with Crippen LogP contribution in [0.2, 0.25) is 0 Å². The van der Waals surface area contributed by atoms with Crippen LogP contribution in [-0.4, -0.2) is 30.8 Å². The average Bonchev–Trinajstić information content (AvgIpc) is 3.15. The Morgan fingerprint density at radius 1 is 1.21 bits per heavy atom. The van der Waals surface area contributed by atoms with Crippen LogP contribution in [0.15, 0.2) is 58.2 Å². The molecule has 146 valence electrons. The maximum atomic E-state index is 13.2. The van der Waals surface area contributed by atoms with E-state index in [9.17, 15) is 9.18 Å². The van der Waals surface area contributed by atoms with Crippen LogP contribution in [0.4, 0.5) is 4.39 Å². The molecular weight excluding hydrogens is 377 g/mol. The molecule has 8 nitrogen and oxygen atoms in total. The molecule has 0 spiro atoms. The second kappa shape index (κ2) is 7.08. The molecule has 0 radical (unpaired) electrons. The zero-order chi connectivity index (χ0) is 19.8. The maximum Gasteiger partial charge on any atom is 0.263 e. The molecule has 4 aromatic rings. The number of fused-ring (bicyclic) bond motifs is 1. The van der Waals surface area contributed by atoms with E-state index in [1.54, 1.807) is 30.5 Å². The van der Waals surface area contributed by atoms with Gasteiger partial charge in [0.2, 0.25) is 5.89 Å². The fraction of sp³-hybridized carbons (Fsp3) is 0.250. The van der Waals surface area contributed by atoms with E-state index in [4.69, 9.17) is 9.26 Å². The fourth-order valence-electron chi connectivity index (χ4n) is 3.36. The number of aromatic nitrogens is 5. The molecule has 0 atom stereocenters. The lowest BCUT2D eigenvalue weighted by Gasteiger charge is -2.33. The van der Waals surface area contributed by atoms with Crippen molar-refractivity contribution in [2.45, 2.75) is 31.4 Å². The minimum absolute atomic E-state index is 0.0106. The van der Waals surface area contributed by atoms with Gasteiger partial charge >= 0.3 is 0 Å². The molecule has 29 heavy (non-hydrogen) atoms. The Morgan fingerprint density at radius 3 is 2.97 bits per heavy atom. The molecule has 0 N–H and O–H groups in total. The number of hydrogen-bond acceptors (Lipinski definition) is 7. The molecular formula is C20H16FN5O3. The van der Waals surface area contributed by atoms with Crippen molar-refractivity contribution < 1.29 is 13.7 Å². The minimum Gasteiger partial charge on any atom is -0.490 e. The summed E-state index contributed by atoms with van der Waals surface area (Å²) in [5, 5.41) is 4.47. The first kappa shape index (κ1) is 17.5. The topological polar surface area (TPSA) is 95.9 Å². The Kier molecular flexibility index (Phi) is 4.27. The third kappa shape index (κ3) is 3.46. The summed E-state index contributed by atoms with van der Waals surface area (Å²) in [6, 6.07) is 9.47. The molecule has 9 heteroatoms. The van der Waals surface area contributed by atoms with Gasteiger partial charge in [-0.3, -0.25) is 9.36 Å². The summed E-state index contributed by atoms with van der Waals surface area (Å²) in [5.41, 5.74) is 0.189. The normalized spacial score (nSPS) is 18.5. The van der Waals surface area contributed by atoms with E-state index in [1.807, 2.05) is 0 Å². The Hall–Kier alpha value is -3.62. The van der Waals surface area contributed by atoms with Gasteiger partial charge in [-0.15, -0.1) is 0 Å². The van der Waals surface area contributed by atoms with E-state index >= 15 is 0 Å². The van der Waals surface area contributed by atoms with Crippen molar-refractivity contribution in [3.63, 3.8) is 0 Å². The van der Waals surface area contributed by atoms with Gasteiger partial charge in [0.05, 0.1) is 5.39 Å². The molecule has 1 aromatic carbocycles. The lowest BCUT2D eigenvalue weighted by molar-refractivity contribution is 0.0939. The zero-order valence-corrected chi connectivity index (χ0v) is 15.2. The van der Waals surface area contributed by atoms with E-state index in [2.05, 4.69) is 20.1 Å². The van der Waals surface area contributed by atoms with E-state index in [0.717, 1.165) is 12.8 Å². The van der Waals surface area contributed by atoms with Crippen LogP contribution >= 0.6 is 0 Å². The molecule has 0 saturated heterocycles. The van der Waals surface area contributed by atoms with Crippen LogP contribution in [0.25, 0.3) is 11.0 Å². The van der Waals surface area contributed by atoms with Crippen LogP contribution in [0.3, 0.4) is 0 Å². The van der Waals surface area contributed by atoms with Gasteiger partial charge in [-0.1, -0.05) is 11.2 Å². The molecule has 1 aliphatic carbocycles. The number of nitrogens with zero attached hydrogens (tertiary/aromatic N) is 5. The quantitative estimate of drug-likeness (QED) is 0.514. The van der Waals surface area contributed by atoms with E-state index in [1.165, 1.54) is 23.0 Å². The van der Waals surface area contributed by atoms with Gasteiger partial charge in [0, 0.05) is 18.2 Å². The largest absolute Gasteiger partial charge is 0.490 e. The zero-order valence-electron chi connectivity index (χ0n) is 15.2. The second-order valence-corrected chi connectivity index (χ2v) is 6.96. The first-order valence-corrected chi connectivity index (χ1v) is 9.20. The molecule has 1 saturated carbocycles. The van der Waals surface area contributed by atoms with Gasteiger partial charge in [-0.2, -0.15) is 4.98 Å². The van der Waals surface area contributed by atoms with Crippen molar-refractivity contribution >= 4 is 11.0 Å². The Bertz CT molecular complexity index is 1230. The lowest BCUT2D eigenvalue weighted by atomic mass is 9.82. The van der Waals surface area contributed by atoms with Crippen molar-refractivity contribution in [2.24, 2.45) is 0 Å². The van der Waals surface area contributed by atoms with Crippen molar-refractivity contribution in [1.29, 1.82) is 0 Å². The van der Waals surface area contributed by atoms with Gasteiger partial charge in [-0.05, 0) is 37.1 Å². The molecule has 3 aromatic heterocycles. The maximum absolute atomic E-state index is 13.2. The smallest absolute Gasteiger partial charge is 0.263 e. The van der Waals surface area contributed by atoms with Crippen molar-refractivity contribution in [2.75, 3.05) is 0 Å². The number of ether oxygens (including phenoxy) is 1. The first-order valence-electron chi connectivity index (χ1n) is 9.20. The first-order chi connectivity index (χ1) is 14.2. The van der Waals surface area contributed by atoms with E-state index in [0.29, 0.717) is 28.5 Å². The van der Waals surface area contributed by atoms with Gasteiger partial charge < -0.3 is 9.26 Å². The van der Waals surface area contributed by atoms with Crippen molar-refractivity contribution in [3.8, 4) is 5.75 Å². The summed E-state index contributed by atoms with van der Waals surface area (Å²) >= 11 is 0. The predicted molar refractivity (Wildman–Crippen MR) is 100.0 cm³/mol. The van der Waals surface area contributed by atoms with Crippen LogP contribution < -0.4 is 10.3 Å². The number of hydrogen-bond donors (Lipinski definition) is 0. The number of pyridine rings is 1. The van der Waals surface area contributed by atoms with Gasteiger partial charge in [0.1, 0.15) is 30.5 Å². The van der Waals surface area contributed by atoms with Crippen molar-refractivity contribution in [3.05, 3.63) is 76.8 Å². The highest BCUT2D eigenvalue weighted by atomic mass is 19.1. The highest BCUT2D eigenvalue weighted by Crippen LogP contribution is 2.37. The highest BCUT2D eigenvalue weighted by molar-refractivity contribution is 5.72. The molecule has 0 aliphatic heterocycles. The average molecular weight is 393 g/mol. The predicted octanol–water partition coefficient (Wildman–Crippen LogP) is 2.69. The van der Waals surface area contributed by atoms with Gasteiger partial charge in [-0.25, -0.2) is 14.4 Å². The van der Waals surface area contributed by atoms with Crippen molar-refractivity contribution in [1.82, 2.24) is 24.7 Å². The molecule has 0 unspecified atom stereocenters. The van der Waals surface area contributed by atoms with Gasteiger partial charge in [0.15, 0.2) is 11.5 Å². The van der Waals surface area contributed by atoms with Crippen LogP contribution in [0.5, 0.6) is 5.75 Å². The minimum atomic E-state index is -0.324. The Balaban J connectivity index is 1.24. The SMILES string of the molecule is O=c1c2cccnc2ncn1Cc1nc([C@H]2C[C@H](Oc3cccc(F)c3)C2)no1. The number of halogens is 1. The third-order valence-corrected chi connectivity index (χ3v) is 4.95. The lowest BCUT2D eigenvalue weighted by Crippen LogP contribution is -2.32. The third-order valence-electron chi connectivity index (χ3n) is 4.95. The fourth-order valence-corrected chi connectivity index (χ4v) is 3.36. The van der Waals surface area contributed by atoms with Crippen LogP contribution in [0, 0.1) is 5.82 Å². The molecule has 1 fully saturated rings. The summed E-state index contributed by atoms with van der Waals surface area (Å²) in [4.78, 5) is 25.2. The van der Waals surface area contributed by atoms with E-state index in [-0.39, 0.29) is 29.9 Å². The summed E-state index contributed by atoms with van der Waals surface area (Å²) in [6.45, 7) is 0.139. The molecule has 3 heterocycles. The molecule has 0 bridgehead atoms. The Labute approximate surface area is 164 Å². The summed E-state index contributed by atoms with van der Waals surface area (Å²) in [5.74, 6) is 1.22. The van der Waals surface area contributed by atoms with Crippen LogP contribution in [-0.2, 0) is 6.54 Å². The van der Waals surface area contributed by atoms with Gasteiger partial charge in [0.25, 0.3) is 5.56 Å². The van der Waals surface area contributed by atoms with E-state index < -0.39 is 0 Å². The Morgan fingerprint density at radius 2 is 2.10 bits per heavy atom. The summed E-state index contributed by atoms with van der Waals surface area (Å²) in [6.07, 6.45) is 4.45. The number of benzene rings is 1. The van der Waals surface area contributed by atoms with Crippen LogP contribution in [0.1, 0.15) is 30.5 Å². The monoisotopic (exact) mass is 393 g/mol. The second-order valence-electron chi connectivity index (χ2n) is 6.96. The molecule has 5 rings (SSSR count).